The molecule has 0 unspecified atom stereocenters. The molecule has 6 heteroatoms. The Kier molecular flexibility index (Phi) is 5.59. The lowest BCUT2D eigenvalue weighted by Gasteiger charge is -2.36. The number of nitrogens with two attached hydrogens (primary N) is 2. The van der Waals surface area contributed by atoms with Crippen LogP contribution >= 0.6 is 0 Å². The highest BCUT2D eigenvalue weighted by Gasteiger charge is 2.26. The molecule has 0 spiro atoms. The van der Waals surface area contributed by atoms with Crippen molar-refractivity contribution in [1.82, 2.24) is 14.8 Å². The Balaban J connectivity index is 1.36. The Labute approximate surface area is 166 Å². The first-order chi connectivity index (χ1) is 13.6. The lowest BCUT2D eigenvalue weighted by atomic mass is 10.0. The minimum Gasteiger partial charge on any atom is -0.383 e. The van der Waals surface area contributed by atoms with Gasteiger partial charge < -0.3 is 16.4 Å². The fourth-order valence-corrected chi connectivity index (χ4v) is 4.44. The molecule has 1 amide bonds. The number of benzene rings is 1. The van der Waals surface area contributed by atoms with Crippen molar-refractivity contribution in [3.8, 4) is 11.1 Å². The van der Waals surface area contributed by atoms with Gasteiger partial charge in [0.2, 0.25) is 0 Å². The molecule has 148 valence electrons. The Morgan fingerprint density at radius 2 is 1.71 bits per heavy atom. The van der Waals surface area contributed by atoms with Gasteiger partial charge in [0.25, 0.3) is 5.91 Å². The molecular formula is C22H29N5O. The highest BCUT2D eigenvalue weighted by atomic mass is 16.1. The van der Waals surface area contributed by atoms with E-state index in [1.807, 2.05) is 0 Å². The molecule has 4 rings (SSSR count). The summed E-state index contributed by atoms with van der Waals surface area (Å²) in [5, 5.41) is 0. The average molecular weight is 380 g/mol. The first-order valence-electron chi connectivity index (χ1n) is 10.2. The van der Waals surface area contributed by atoms with E-state index in [9.17, 15) is 4.79 Å². The summed E-state index contributed by atoms with van der Waals surface area (Å²) in [6, 6.07) is 11.0. The molecule has 0 radical (unpaired) electrons. The average Bonchev–Trinajstić information content (AvgIpc) is 3.24. The van der Waals surface area contributed by atoms with Crippen LogP contribution < -0.4 is 11.5 Å². The fraction of sp³-hybridized carbons (Fsp3) is 0.455. The number of amides is 1. The monoisotopic (exact) mass is 379 g/mol. The Morgan fingerprint density at radius 1 is 1.04 bits per heavy atom. The molecule has 2 saturated heterocycles. The number of primary amides is 1. The molecule has 2 aliphatic rings. The molecule has 0 atom stereocenters. The molecule has 0 saturated carbocycles. The smallest absolute Gasteiger partial charge is 0.252 e. The van der Waals surface area contributed by atoms with E-state index in [0.29, 0.717) is 0 Å². The number of pyridine rings is 1. The summed E-state index contributed by atoms with van der Waals surface area (Å²) in [6.07, 6.45) is 6.99. The summed E-state index contributed by atoms with van der Waals surface area (Å²) in [5.74, 6) is -0.383. The van der Waals surface area contributed by atoms with E-state index in [4.69, 9.17) is 11.5 Å². The molecule has 1 aromatic carbocycles. The first-order valence-corrected chi connectivity index (χ1v) is 10.2. The van der Waals surface area contributed by atoms with Gasteiger partial charge in [0, 0.05) is 24.3 Å². The maximum absolute atomic E-state index is 11.5. The van der Waals surface area contributed by atoms with Crippen LogP contribution in [0, 0.1) is 0 Å². The SMILES string of the molecule is NC(=O)c1cc(-c2ccc(CN3CCC(N4CCCC4)CC3)cc2)cnc1N. The summed E-state index contributed by atoms with van der Waals surface area (Å²) in [6.45, 7) is 5.92. The molecule has 4 N–H and O–H groups in total. The van der Waals surface area contributed by atoms with Crippen LogP contribution in [0.3, 0.4) is 0 Å². The fourth-order valence-electron chi connectivity index (χ4n) is 4.44. The van der Waals surface area contributed by atoms with Gasteiger partial charge in [-0.15, -0.1) is 0 Å². The van der Waals surface area contributed by atoms with Crippen molar-refractivity contribution < 1.29 is 4.79 Å². The van der Waals surface area contributed by atoms with Crippen molar-refractivity contribution in [3.05, 3.63) is 47.7 Å². The van der Waals surface area contributed by atoms with Crippen LogP contribution in [0.1, 0.15) is 41.6 Å². The third kappa shape index (κ3) is 4.18. The minimum absolute atomic E-state index is 0.171. The number of likely N-dealkylation sites (tertiary alicyclic amines) is 2. The van der Waals surface area contributed by atoms with E-state index in [1.54, 1.807) is 12.3 Å². The van der Waals surface area contributed by atoms with E-state index in [0.717, 1.165) is 23.7 Å². The standard InChI is InChI=1S/C22H29N5O/c23-21-20(22(24)28)13-18(14-25-21)17-5-3-16(4-6-17)15-26-11-7-19(8-12-26)27-9-1-2-10-27/h3-6,13-14,19H,1-2,7-12,15H2,(H2,23,25)(H2,24,28). The van der Waals surface area contributed by atoms with Gasteiger partial charge in [-0.3, -0.25) is 9.69 Å². The highest BCUT2D eigenvalue weighted by Crippen LogP contribution is 2.24. The predicted molar refractivity (Wildman–Crippen MR) is 112 cm³/mol. The number of nitrogens with zero attached hydrogens (tertiary/aromatic N) is 3. The van der Waals surface area contributed by atoms with Gasteiger partial charge in [0.15, 0.2) is 0 Å². The summed E-state index contributed by atoms with van der Waals surface area (Å²) in [7, 11) is 0. The molecule has 2 fully saturated rings. The lowest BCUT2D eigenvalue weighted by molar-refractivity contribution is 0.100. The summed E-state index contributed by atoms with van der Waals surface area (Å²) in [5.41, 5.74) is 14.5. The van der Waals surface area contributed by atoms with E-state index in [2.05, 4.69) is 39.0 Å². The second kappa shape index (κ2) is 8.29. The van der Waals surface area contributed by atoms with Crippen LogP contribution in [0.15, 0.2) is 36.5 Å². The lowest BCUT2D eigenvalue weighted by Crippen LogP contribution is -2.43. The van der Waals surface area contributed by atoms with Gasteiger partial charge in [0.1, 0.15) is 5.82 Å². The number of hydrogen-bond acceptors (Lipinski definition) is 5. The number of aromatic nitrogens is 1. The van der Waals surface area contributed by atoms with Crippen molar-refractivity contribution >= 4 is 11.7 Å². The predicted octanol–water partition coefficient (Wildman–Crippen LogP) is 2.49. The zero-order chi connectivity index (χ0) is 19.5. The quantitative estimate of drug-likeness (QED) is 0.833. The zero-order valence-electron chi connectivity index (χ0n) is 16.3. The van der Waals surface area contributed by atoms with Crippen LogP contribution in [-0.2, 0) is 6.54 Å². The largest absolute Gasteiger partial charge is 0.383 e. The van der Waals surface area contributed by atoms with Gasteiger partial charge in [-0.25, -0.2) is 4.98 Å². The van der Waals surface area contributed by atoms with Gasteiger partial charge >= 0.3 is 0 Å². The van der Waals surface area contributed by atoms with Crippen LogP contribution in [-0.4, -0.2) is 52.9 Å². The van der Waals surface area contributed by atoms with Crippen molar-refractivity contribution in [1.29, 1.82) is 0 Å². The summed E-state index contributed by atoms with van der Waals surface area (Å²) in [4.78, 5) is 20.8. The normalized spacial score (nSPS) is 19.1. The molecule has 0 aliphatic carbocycles. The topological polar surface area (TPSA) is 88.5 Å². The van der Waals surface area contributed by atoms with Gasteiger partial charge in [-0.2, -0.15) is 0 Å². The second-order valence-electron chi connectivity index (χ2n) is 7.97. The van der Waals surface area contributed by atoms with Crippen molar-refractivity contribution in [2.24, 2.45) is 5.73 Å². The van der Waals surface area contributed by atoms with Crippen LogP contribution in [0.4, 0.5) is 5.82 Å². The number of nitrogen functional groups attached to an aromatic ring is 1. The summed E-state index contributed by atoms with van der Waals surface area (Å²) >= 11 is 0. The van der Waals surface area contributed by atoms with Crippen molar-refractivity contribution in [3.63, 3.8) is 0 Å². The number of carbonyl (C=O) groups is 1. The number of carbonyl (C=O) groups excluding carboxylic acids is 1. The second-order valence-corrected chi connectivity index (χ2v) is 7.97. The van der Waals surface area contributed by atoms with E-state index in [-0.39, 0.29) is 11.4 Å². The Hall–Kier alpha value is -2.44. The third-order valence-corrected chi connectivity index (χ3v) is 6.09. The maximum atomic E-state index is 11.5. The summed E-state index contributed by atoms with van der Waals surface area (Å²) < 4.78 is 0. The minimum atomic E-state index is -0.555. The first kappa shape index (κ1) is 18.9. The number of rotatable bonds is 5. The van der Waals surface area contributed by atoms with Crippen molar-refractivity contribution in [2.75, 3.05) is 31.9 Å². The molecule has 0 bridgehead atoms. The number of anilines is 1. The molecule has 28 heavy (non-hydrogen) atoms. The number of piperidine rings is 1. The van der Waals surface area contributed by atoms with Crippen molar-refractivity contribution in [2.45, 2.75) is 38.3 Å². The highest BCUT2D eigenvalue weighted by molar-refractivity contribution is 5.98. The Morgan fingerprint density at radius 3 is 2.36 bits per heavy atom. The molecule has 3 heterocycles. The van der Waals surface area contributed by atoms with Gasteiger partial charge in [-0.05, 0) is 69.1 Å². The van der Waals surface area contributed by atoms with Gasteiger partial charge in [-0.1, -0.05) is 24.3 Å². The molecule has 6 nitrogen and oxygen atoms in total. The third-order valence-electron chi connectivity index (χ3n) is 6.09. The Bertz CT molecular complexity index is 821. The van der Waals surface area contributed by atoms with Crippen LogP contribution in [0.5, 0.6) is 0 Å². The van der Waals surface area contributed by atoms with Gasteiger partial charge in [0.05, 0.1) is 5.56 Å². The van der Waals surface area contributed by atoms with E-state index in [1.165, 1.54) is 57.4 Å². The molecule has 1 aromatic heterocycles. The molecular weight excluding hydrogens is 350 g/mol. The van der Waals surface area contributed by atoms with Crippen LogP contribution in [0.25, 0.3) is 11.1 Å². The van der Waals surface area contributed by atoms with Crippen LogP contribution in [0.2, 0.25) is 0 Å². The van der Waals surface area contributed by atoms with E-state index < -0.39 is 5.91 Å². The zero-order valence-corrected chi connectivity index (χ0v) is 16.3. The molecule has 2 aliphatic heterocycles. The number of hydrogen-bond donors (Lipinski definition) is 2. The maximum Gasteiger partial charge on any atom is 0.252 e. The van der Waals surface area contributed by atoms with E-state index >= 15 is 0 Å². The molecule has 2 aromatic rings.